The van der Waals surface area contributed by atoms with Gasteiger partial charge in [0.15, 0.2) is 0 Å². The van der Waals surface area contributed by atoms with Gasteiger partial charge in [-0.25, -0.2) is 0 Å². The molecule has 7 nitrogen and oxygen atoms in total. The van der Waals surface area contributed by atoms with Gasteiger partial charge in [0.2, 0.25) is 11.8 Å². The van der Waals surface area contributed by atoms with E-state index in [1.807, 2.05) is 25.1 Å². The van der Waals surface area contributed by atoms with E-state index >= 15 is 0 Å². The van der Waals surface area contributed by atoms with Gasteiger partial charge in [0.05, 0.1) is 11.0 Å². The largest absolute Gasteiger partial charge is 0.419 e. The minimum absolute atomic E-state index is 0.0233. The number of rotatable bonds is 6. The van der Waals surface area contributed by atoms with Gasteiger partial charge in [-0.3, -0.25) is 15.4 Å². The van der Waals surface area contributed by atoms with Crippen LogP contribution < -0.4 is 5.32 Å². The van der Waals surface area contributed by atoms with Crippen molar-refractivity contribution in [3.63, 3.8) is 0 Å². The predicted octanol–water partition coefficient (Wildman–Crippen LogP) is 4.06. The van der Waals surface area contributed by atoms with E-state index in [2.05, 4.69) is 34.6 Å². The van der Waals surface area contributed by atoms with Crippen LogP contribution in [-0.2, 0) is 0 Å². The Labute approximate surface area is 144 Å². The molecule has 0 fully saturated rings. The van der Waals surface area contributed by atoms with E-state index in [1.165, 1.54) is 17.7 Å². The van der Waals surface area contributed by atoms with Crippen molar-refractivity contribution in [2.24, 2.45) is 0 Å². The van der Waals surface area contributed by atoms with Crippen LogP contribution in [0.2, 0.25) is 0 Å². The van der Waals surface area contributed by atoms with E-state index in [9.17, 15) is 10.1 Å². The summed E-state index contributed by atoms with van der Waals surface area (Å²) in [6.07, 6.45) is 0. The lowest BCUT2D eigenvalue weighted by Crippen LogP contribution is -2.22. The molecular formula is C18H18N4O3. The smallest absolute Gasteiger partial charge is 0.269 e. The summed E-state index contributed by atoms with van der Waals surface area (Å²) in [4.78, 5) is 10.3. The maximum absolute atomic E-state index is 10.7. The molecule has 7 heteroatoms. The summed E-state index contributed by atoms with van der Waals surface area (Å²) in [5.74, 6) is 0.807. The first-order chi connectivity index (χ1) is 12.0. The fourth-order valence-electron chi connectivity index (χ4n) is 2.54. The average Bonchev–Trinajstić information content (AvgIpc) is 3.13. The molecule has 2 atom stereocenters. The zero-order valence-corrected chi connectivity index (χ0v) is 13.9. The van der Waals surface area contributed by atoms with Crippen molar-refractivity contribution >= 4 is 5.69 Å². The summed E-state index contributed by atoms with van der Waals surface area (Å²) in [5, 5.41) is 22.2. The minimum atomic E-state index is -0.444. The van der Waals surface area contributed by atoms with Gasteiger partial charge in [0.1, 0.15) is 0 Å². The Morgan fingerprint density at radius 3 is 2.32 bits per heavy atom. The second kappa shape index (κ2) is 7.23. The summed E-state index contributed by atoms with van der Waals surface area (Å²) in [7, 11) is 0. The van der Waals surface area contributed by atoms with Gasteiger partial charge >= 0.3 is 0 Å². The molecule has 1 heterocycles. The number of hydrogen-bond donors (Lipinski definition) is 1. The first-order valence-electron chi connectivity index (χ1n) is 7.94. The van der Waals surface area contributed by atoms with Crippen LogP contribution in [0.25, 0.3) is 11.5 Å². The van der Waals surface area contributed by atoms with Gasteiger partial charge in [-0.15, -0.1) is 10.2 Å². The number of nitro groups is 1. The standard InChI is InChI=1S/C18H18N4O3/c1-12(14-6-4-3-5-7-14)19-13(2)17-20-21-18(25-17)15-8-10-16(11-9-15)22(23)24/h3-13,19H,1-2H3/t12-,13+/m1/s1. The number of nitro benzene ring substituents is 1. The molecule has 0 bridgehead atoms. The minimum Gasteiger partial charge on any atom is -0.419 e. The van der Waals surface area contributed by atoms with Crippen LogP contribution >= 0.6 is 0 Å². The molecule has 1 N–H and O–H groups in total. The molecule has 0 aliphatic rings. The lowest BCUT2D eigenvalue weighted by molar-refractivity contribution is -0.384. The van der Waals surface area contributed by atoms with Crippen molar-refractivity contribution in [2.45, 2.75) is 25.9 Å². The van der Waals surface area contributed by atoms with Crippen molar-refractivity contribution in [3.8, 4) is 11.5 Å². The highest BCUT2D eigenvalue weighted by molar-refractivity contribution is 5.55. The van der Waals surface area contributed by atoms with Crippen LogP contribution in [-0.4, -0.2) is 15.1 Å². The number of hydrogen-bond acceptors (Lipinski definition) is 6. The molecule has 0 saturated carbocycles. The number of nitrogens with zero attached hydrogens (tertiary/aromatic N) is 3. The van der Waals surface area contributed by atoms with E-state index in [-0.39, 0.29) is 17.8 Å². The average molecular weight is 338 g/mol. The topological polar surface area (TPSA) is 94.1 Å². The Morgan fingerprint density at radius 1 is 1.00 bits per heavy atom. The second-order valence-corrected chi connectivity index (χ2v) is 5.77. The molecule has 25 heavy (non-hydrogen) atoms. The number of nitrogens with one attached hydrogen (secondary N) is 1. The lowest BCUT2D eigenvalue weighted by atomic mass is 10.1. The Bertz CT molecular complexity index is 846. The van der Waals surface area contributed by atoms with E-state index in [0.29, 0.717) is 17.3 Å². The third-order valence-electron chi connectivity index (χ3n) is 3.94. The molecule has 0 amide bonds. The summed E-state index contributed by atoms with van der Waals surface area (Å²) in [6, 6.07) is 16.1. The first kappa shape index (κ1) is 16.8. The van der Waals surface area contributed by atoms with Crippen LogP contribution in [0.3, 0.4) is 0 Å². The first-order valence-corrected chi connectivity index (χ1v) is 7.94. The molecule has 3 aromatic rings. The van der Waals surface area contributed by atoms with Crippen LogP contribution in [0.15, 0.2) is 59.0 Å². The lowest BCUT2D eigenvalue weighted by Gasteiger charge is -2.17. The van der Waals surface area contributed by atoms with Gasteiger partial charge in [-0.05, 0) is 31.5 Å². The van der Waals surface area contributed by atoms with Crippen LogP contribution in [0, 0.1) is 10.1 Å². The summed E-state index contributed by atoms with van der Waals surface area (Å²) in [5.41, 5.74) is 1.84. The highest BCUT2D eigenvalue weighted by Gasteiger charge is 2.18. The van der Waals surface area contributed by atoms with Gasteiger partial charge in [-0.1, -0.05) is 30.3 Å². The molecule has 2 aromatic carbocycles. The van der Waals surface area contributed by atoms with E-state index < -0.39 is 4.92 Å². The van der Waals surface area contributed by atoms with Crippen molar-refractivity contribution < 1.29 is 9.34 Å². The van der Waals surface area contributed by atoms with E-state index in [0.717, 1.165) is 0 Å². The quantitative estimate of drug-likeness (QED) is 0.538. The summed E-state index contributed by atoms with van der Waals surface area (Å²) in [6.45, 7) is 4.02. The number of non-ortho nitro benzene ring substituents is 1. The fourth-order valence-corrected chi connectivity index (χ4v) is 2.54. The molecule has 128 valence electrons. The Morgan fingerprint density at radius 2 is 1.68 bits per heavy atom. The van der Waals surface area contributed by atoms with Crippen LogP contribution in [0.1, 0.15) is 37.4 Å². The highest BCUT2D eigenvalue weighted by atomic mass is 16.6. The molecule has 0 unspecified atom stereocenters. The summed E-state index contributed by atoms with van der Waals surface area (Å²) < 4.78 is 5.71. The highest BCUT2D eigenvalue weighted by Crippen LogP contribution is 2.24. The van der Waals surface area contributed by atoms with E-state index in [4.69, 9.17) is 4.42 Å². The third kappa shape index (κ3) is 3.89. The molecular weight excluding hydrogens is 320 g/mol. The number of benzene rings is 2. The van der Waals surface area contributed by atoms with Crippen LogP contribution in [0.5, 0.6) is 0 Å². The predicted molar refractivity (Wildman–Crippen MR) is 92.8 cm³/mol. The SMILES string of the molecule is C[C@H](N[C@H](C)c1ccccc1)c1nnc(-c2ccc([N+](=O)[O-])cc2)o1. The van der Waals surface area contributed by atoms with Crippen LogP contribution in [0.4, 0.5) is 5.69 Å². The molecule has 3 rings (SSSR count). The monoisotopic (exact) mass is 338 g/mol. The van der Waals surface area contributed by atoms with Gasteiger partial charge in [0.25, 0.3) is 5.69 Å². The fraction of sp³-hybridized carbons (Fsp3) is 0.222. The molecule has 0 spiro atoms. The molecule has 0 aliphatic carbocycles. The van der Waals surface area contributed by atoms with Crippen molar-refractivity contribution in [2.75, 3.05) is 0 Å². The summed E-state index contributed by atoms with van der Waals surface area (Å²) >= 11 is 0. The van der Waals surface area contributed by atoms with Gasteiger partial charge < -0.3 is 4.42 Å². The zero-order chi connectivity index (χ0) is 17.8. The normalized spacial score (nSPS) is 13.4. The Kier molecular flexibility index (Phi) is 4.85. The van der Waals surface area contributed by atoms with Crippen molar-refractivity contribution in [3.05, 3.63) is 76.2 Å². The van der Waals surface area contributed by atoms with Crippen molar-refractivity contribution in [1.82, 2.24) is 15.5 Å². The molecule has 0 aliphatic heterocycles. The Hall–Kier alpha value is -3.06. The molecule has 0 saturated heterocycles. The van der Waals surface area contributed by atoms with Gasteiger partial charge in [0, 0.05) is 23.7 Å². The molecule has 1 aromatic heterocycles. The zero-order valence-electron chi connectivity index (χ0n) is 13.9. The number of aromatic nitrogens is 2. The van der Waals surface area contributed by atoms with E-state index in [1.54, 1.807) is 12.1 Å². The van der Waals surface area contributed by atoms with Gasteiger partial charge in [-0.2, -0.15) is 0 Å². The van der Waals surface area contributed by atoms with Crippen molar-refractivity contribution in [1.29, 1.82) is 0 Å². The molecule has 0 radical (unpaired) electrons. The maximum atomic E-state index is 10.7. The third-order valence-corrected chi connectivity index (χ3v) is 3.94. The Balaban J connectivity index is 1.71. The maximum Gasteiger partial charge on any atom is 0.269 e. The second-order valence-electron chi connectivity index (χ2n) is 5.77.